The Hall–Kier alpha value is -1.66. The average Bonchev–Trinajstić information content (AvgIpc) is 3.01. The van der Waals surface area contributed by atoms with Gasteiger partial charge in [0.05, 0.1) is 5.39 Å². The van der Waals surface area contributed by atoms with Crippen LogP contribution >= 0.6 is 15.9 Å². The number of rotatable bonds is 6. The molecule has 0 radical (unpaired) electrons. The monoisotopic (exact) mass is 429 g/mol. The molecule has 1 saturated heterocycles. The minimum absolute atomic E-state index is 0.474. The summed E-state index contributed by atoms with van der Waals surface area (Å²) >= 11 is 3.58. The van der Waals surface area contributed by atoms with Crippen molar-refractivity contribution in [2.24, 2.45) is 5.92 Å². The van der Waals surface area contributed by atoms with Crippen molar-refractivity contribution >= 4 is 43.7 Å². The summed E-state index contributed by atoms with van der Waals surface area (Å²) < 4.78 is 1.07. The topological polar surface area (TPSA) is 56.8 Å². The number of aromatic amines is 1. The second-order valence-corrected chi connectivity index (χ2v) is 8.97. The van der Waals surface area contributed by atoms with Gasteiger partial charge < -0.3 is 15.2 Å². The van der Waals surface area contributed by atoms with Crippen molar-refractivity contribution in [1.29, 1.82) is 0 Å². The zero-order chi connectivity index (χ0) is 18.8. The lowest BCUT2D eigenvalue weighted by atomic mass is 10.0. The Morgan fingerprint density at radius 3 is 2.85 bits per heavy atom. The molecule has 1 aliphatic heterocycles. The Balaban J connectivity index is 1.45. The van der Waals surface area contributed by atoms with Crippen LogP contribution in [0, 0.1) is 5.92 Å². The number of hydrogen-bond acceptors (Lipinski definition) is 4. The Bertz CT molecular complexity index is 911. The van der Waals surface area contributed by atoms with Gasteiger partial charge in [0.2, 0.25) is 0 Å². The quantitative estimate of drug-likeness (QED) is 0.566. The molecule has 27 heavy (non-hydrogen) atoms. The van der Waals surface area contributed by atoms with Crippen molar-refractivity contribution in [3.63, 3.8) is 0 Å². The number of nitrogens with zero attached hydrogens (tertiary/aromatic N) is 3. The first-order chi connectivity index (χ1) is 13.1. The van der Waals surface area contributed by atoms with Crippen molar-refractivity contribution in [3.05, 3.63) is 29.0 Å². The highest BCUT2D eigenvalue weighted by Crippen LogP contribution is 2.31. The van der Waals surface area contributed by atoms with Gasteiger partial charge in [0.15, 0.2) is 0 Å². The molecule has 1 aliphatic rings. The minimum Gasteiger partial charge on any atom is -0.367 e. The molecule has 4 rings (SSSR count). The summed E-state index contributed by atoms with van der Waals surface area (Å²) in [5.74, 6) is 1.75. The van der Waals surface area contributed by atoms with Gasteiger partial charge in [0.1, 0.15) is 17.8 Å². The van der Waals surface area contributed by atoms with E-state index >= 15 is 0 Å². The summed E-state index contributed by atoms with van der Waals surface area (Å²) in [7, 11) is 0. The molecule has 2 N–H and O–H groups in total. The van der Waals surface area contributed by atoms with Crippen LogP contribution in [-0.4, -0.2) is 45.5 Å². The van der Waals surface area contributed by atoms with E-state index in [-0.39, 0.29) is 0 Å². The maximum atomic E-state index is 4.57. The number of H-pyrrole nitrogens is 1. The van der Waals surface area contributed by atoms with Gasteiger partial charge in [-0.1, -0.05) is 29.8 Å². The van der Waals surface area contributed by atoms with E-state index in [4.69, 9.17) is 0 Å². The molecule has 0 spiro atoms. The van der Waals surface area contributed by atoms with E-state index in [9.17, 15) is 0 Å². The second kappa shape index (κ2) is 8.15. The molecule has 5 nitrogen and oxygen atoms in total. The largest absolute Gasteiger partial charge is 0.367 e. The molecule has 0 unspecified atom stereocenters. The van der Waals surface area contributed by atoms with Crippen molar-refractivity contribution < 1.29 is 0 Å². The van der Waals surface area contributed by atoms with Crippen molar-refractivity contribution in [3.8, 4) is 0 Å². The van der Waals surface area contributed by atoms with Gasteiger partial charge in [-0.15, -0.1) is 0 Å². The van der Waals surface area contributed by atoms with Crippen LogP contribution in [0.1, 0.15) is 39.5 Å². The van der Waals surface area contributed by atoms with Crippen molar-refractivity contribution in [1.82, 2.24) is 19.9 Å². The van der Waals surface area contributed by atoms with Crippen LogP contribution in [0.5, 0.6) is 0 Å². The van der Waals surface area contributed by atoms with Gasteiger partial charge in [-0.25, -0.2) is 9.97 Å². The molecule has 0 atom stereocenters. The van der Waals surface area contributed by atoms with E-state index in [1.54, 1.807) is 6.33 Å². The van der Waals surface area contributed by atoms with Crippen LogP contribution in [0.3, 0.4) is 0 Å². The van der Waals surface area contributed by atoms with Crippen molar-refractivity contribution in [2.75, 3.05) is 25.0 Å². The predicted molar refractivity (Wildman–Crippen MR) is 116 cm³/mol. The first-order valence-corrected chi connectivity index (χ1v) is 10.8. The number of halogens is 1. The van der Waals surface area contributed by atoms with E-state index in [1.165, 1.54) is 45.3 Å². The molecule has 144 valence electrons. The van der Waals surface area contributed by atoms with E-state index in [0.29, 0.717) is 6.04 Å². The lowest BCUT2D eigenvalue weighted by Gasteiger charge is -2.32. The summed E-state index contributed by atoms with van der Waals surface area (Å²) in [5.41, 5.74) is 1.99. The van der Waals surface area contributed by atoms with Crippen LogP contribution in [0.2, 0.25) is 0 Å². The number of likely N-dealkylation sites (tertiary alicyclic amines) is 1. The molecule has 3 aromatic rings. The number of fused-ring (bicyclic) bond motifs is 3. The van der Waals surface area contributed by atoms with Crippen molar-refractivity contribution in [2.45, 2.75) is 45.6 Å². The number of anilines is 1. The van der Waals surface area contributed by atoms with Gasteiger partial charge >= 0.3 is 0 Å². The number of nitrogens with one attached hydrogen (secondary N) is 2. The van der Waals surface area contributed by atoms with E-state index in [0.717, 1.165) is 38.1 Å². The first kappa shape index (κ1) is 18.7. The van der Waals surface area contributed by atoms with E-state index in [2.05, 4.69) is 67.1 Å². The Morgan fingerprint density at radius 1 is 1.26 bits per heavy atom. The SMILES string of the molecule is CC(C)CCCN1CCC(Nc2ncnc3[nH]c4ccc(Br)cc4c23)CC1. The lowest BCUT2D eigenvalue weighted by molar-refractivity contribution is 0.212. The van der Waals surface area contributed by atoms with Gasteiger partial charge in [-0.2, -0.15) is 0 Å². The highest BCUT2D eigenvalue weighted by molar-refractivity contribution is 9.10. The maximum Gasteiger partial charge on any atom is 0.143 e. The maximum absolute atomic E-state index is 4.57. The molecular formula is C21H28BrN5. The van der Waals surface area contributed by atoms with Gasteiger partial charge in [-0.05, 0) is 56.3 Å². The van der Waals surface area contributed by atoms with E-state index < -0.39 is 0 Å². The minimum atomic E-state index is 0.474. The zero-order valence-electron chi connectivity index (χ0n) is 16.1. The standard InChI is InChI=1S/C21H28BrN5/c1-14(2)4-3-9-27-10-7-16(8-11-27)25-20-19-17-12-15(22)5-6-18(17)26-21(19)24-13-23-20/h5-6,12-14,16H,3-4,7-11H2,1-2H3,(H2,23,24,25,26). The summed E-state index contributed by atoms with van der Waals surface area (Å²) in [6.45, 7) is 8.19. The third-order valence-corrected chi connectivity index (χ3v) is 6.03. The fourth-order valence-electron chi connectivity index (χ4n) is 4.02. The normalized spacial score (nSPS) is 16.6. The summed E-state index contributed by atoms with van der Waals surface area (Å²) in [4.78, 5) is 15.0. The van der Waals surface area contributed by atoms with E-state index in [1.807, 2.05) is 6.07 Å². The number of aromatic nitrogens is 3. The van der Waals surface area contributed by atoms with Crippen LogP contribution in [-0.2, 0) is 0 Å². The first-order valence-electron chi connectivity index (χ1n) is 10.0. The highest BCUT2D eigenvalue weighted by atomic mass is 79.9. The highest BCUT2D eigenvalue weighted by Gasteiger charge is 2.21. The van der Waals surface area contributed by atoms with Crippen LogP contribution < -0.4 is 5.32 Å². The smallest absolute Gasteiger partial charge is 0.143 e. The Morgan fingerprint density at radius 2 is 2.07 bits per heavy atom. The molecule has 0 bridgehead atoms. The predicted octanol–water partition coefficient (Wildman–Crippen LogP) is 5.19. The fraction of sp³-hybridized carbons (Fsp3) is 0.524. The molecule has 6 heteroatoms. The fourth-order valence-corrected chi connectivity index (χ4v) is 4.38. The summed E-state index contributed by atoms with van der Waals surface area (Å²) in [5, 5.41) is 5.95. The summed E-state index contributed by atoms with van der Waals surface area (Å²) in [6, 6.07) is 6.75. The molecule has 1 fully saturated rings. The Kier molecular flexibility index (Phi) is 5.64. The van der Waals surface area contributed by atoms with Crippen LogP contribution in [0.4, 0.5) is 5.82 Å². The molecule has 2 aromatic heterocycles. The van der Waals surface area contributed by atoms with Gasteiger partial charge in [-0.3, -0.25) is 0 Å². The van der Waals surface area contributed by atoms with Crippen LogP contribution in [0.25, 0.3) is 21.9 Å². The van der Waals surface area contributed by atoms with Gasteiger partial charge in [0, 0.05) is 34.5 Å². The Labute approximate surface area is 169 Å². The molecule has 0 saturated carbocycles. The van der Waals surface area contributed by atoms with Gasteiger partial charge in [0.25, 0.3) is 0 Å². The molecule has 0 aliphatic carbocycles. The third kappa shape index (κ3) is 4.27. The lowest BCUT2D eigenvalue weighted by Crippen LogP contribution is -2.39. The third-order valence-electron chi connectivity index (χ3n) is 5.54. The number of benzene rings is 1. The second-order valence-electron chi connectivity index (χ2n) is 8.06. The summed E-state index contributed by atoms with van der Waals surface area (Å²) in [6.07, 6.45) is 6.62. The zero-order valence-corrected chi connectivity index (χ0v) is 17.7. The average molecular weight is 430 g/mol. The molecule has 0 amide bonds. The van der Waals surface area contributed by atoms with Crippen LogP contribution in [0.15, 0.2) is 29.0 Å². The molecular weight excluding hydrogens is 402 g/mol. The number of hydrogen-bond donors (Lipinski definition) is 2. The number of piperidine rings is 1. The molecule has 3 heterocycles. The molecule has 1 aromatic carbocycles.